The SMILES string of the molecule is Cc1cccc(C#N)c1Nc1ccc(OCCN)cc1. The summed E-state index contributed by atoms with van der Waals surface area (Å²) < 4.78 is 5.42. The number of anilines is 2. The minimum Gasteiger partial charge on any atom is -0.492 e. The number of benzene rings is 2. The zero-order valence-electron chi connectivity index (χ0n) is 11.4. The summed E-state index contributed by atoms with van der Waals surface area (Å²) in [5.41, 5.74) is 8.81. The number of ether oxygens (including phenoxy) is 1. The maximum absolute atomic E-state index is 9.14. The Morgan fingerprint density at radius 2 is 1.95 bits per heavy atom. The third-order valence-corrected chi connectivity index (χ3v) is 2.90. The molecule has 0 bridgehead atoms. The number of nitrogens with two attached hydrogens (primary N) is 1. The van der Waals surface area contributed by atoms with Crippen LogP contribution in [0.4, 0.5) is 11.4 Å². The fourth-order valence-electron chi connectivity index (χ4n) is 1.88. The Bertz CT molecular complexity index is 615. The monoisotopic (exact) mass is 267 g/mol. The van der Waals surface area contributed by atoms with E-state index in [-0.39, 0.29) is 0 Å². The van der Waals surface area contributed by atoms with E-state index in [9.17, 15) is 0 Å². The zero-order valence-corrected chi connectivity index (χ0v) is 11.4. The van der Waals surface area contributed by atoms with E-state index in [0.29, 0.717) is 18.7 Å². The van der Waals surface area contributed by atoms with Gasteiger partial charge < -0.3 is 15.8 Å². The van der Waals surface area contributed by atoms with E-state index in [2.05, 4.69) is 11.4 Å². The van der Waals surface area contributed by atoms with Gasteiger partial charge in [-0.15, -0.1) is 0 Å². The second-order valence-electron chi connectivity index (χ2n) is 4.40. The van der Waals surface area contributed by atoms with Gasteiger partial charge >= 0.3 is 0 Å². The number of para-hydroxylation sites is 1. The van der Waals surface area contributed by atoms with E-state index in [1.54, 1.807) is 6.07 Å². The zero-order chi connectivity index (χ0) is 14.4. The summed E-state index contributed by atoms with van der Waals surface area (Å²) in [4.78, 5) is 0. The van der Waals surface area contributed by atoms with Crippen molar-refractivity contribution >= 4 is 11.4 Å². The van der Waals surface area contributed by atoms with Crippen molar-refractivity contribution in [1.82, 2.24) is 0 Å². The van der Waals surface area contributed by atoms with E-state index in [0.717, 1.165) is 22.7 Å². The Kier molecular flexibility index (Phi) is 4.59. The second kappa shape index (κ2) is 6.60. The van der Waals surface area contributed by atoms with E-state index in [1.165, 1.54) is 0 Å². The maximum Gasteiger partial charge on any atom is 0.119 e. The van der Waals surface area contributed by atoms with Crippen LogP contribution in [0.3, 0.4) is 0 Å². The van der Waals surface area contributed by atoms with E-state index >= 15 is 0 Å². The number of rotatable bonds is 5. The summed E-state index contributed by atoms with van der Waals surface area (Å²) in [6.45, 7) is 2.97. The molecule has 102 valence electrons. The molecule has 4 heteroatoms. The Hall–Kier alpha value is -2.51. The van der Waals surface area contributed by atoms with Gasteiger partial charge in [0.15, 0.2) is 0 Å². The number of aryl methyl sites for hydroxylation is 1. The normalized spacial score (nSPS) is 9.85. The van der Waals surface area contributed by atoms with Crippen LogP contribution < -0.4 is 15.8 Å². The van der Waals surface area contributed by atoms with Crippen LogP contribution in [0.25, 0.3) is 0 Å². The van der Waals surface area contributed by atoms with Crippen LogP contribution in [0, 0.1) is 18.3 Å². The highest BCUT2D eigenvalue weighted by Gasteiger charge is 2.05. The van der Waals surface area contributed by atoms with Crippen LogP contribution in [0.5, 0.6) is 5.75 Å². The molecule has 0 saturated carbocycles. The molecule has 20 heavy (non-hydrogen) atoms. The van der Waals surface area contributed by atoms with Gasteiger partial charge in [0.05, 0.1) is 11.3 Å². The molecule has 2 aromatic carbocycles. The van der Waals surface area contributed by atoms with Gasteiger partial charge in [-0.25, -0.2) is 0 Å². The van der Waals surface area contributed by atoms with Crippen molar-refractivity contribution in [2.75, 3.05) is 18.5 Å². The highest BCUT2D eigenvalue weighted by molar-refractivity contribution is 5.70. The van der Waals surface area contributed by atoms with Crippen LogP contribution >= 0.6 is 0 Å². The highest BCUT2D eigenvalue weighted by Crippen LogP contribution is 2.25. The third kappa shape index (κ3) is 3.28. The van der Waals surface area contributed by atoms with Crippen molar-refractivity contribution in [3.05, 3.63) is 53.6 Å². The molecule has 0 atom stereocenters. The number of hydrogen-bond acceptors (Lipinski definition) is 4. The summed E-state index contributed by atoms with van der Waals surface area (Å²) in [7, 11) is 0. The lowest BCUT2D eigenvalue weighted by Crippen LogP contribution is -2.10. The summed E-state index contributed by atoms with van der Waals surface area (Å²) in [6, 6.07) is 15.4. The fraction of sp³-hybridized carbons (Fsp3) is 0.188. The van der Waals surface area contributed by atoms with Crippen molar-refractivity contribution in [3.8, 4) is 11.8 Å². The van der Waals surface area contributed by atoms with Crippen molar-refractivity contribution in [1.29, 1.82) is 5.26 Å². The van der Waals surface area contributed by atoms with Crippen molar-refractivity contribution in [2.45, 2.75) is 6.92 Å². The molecule has 2 rings (SSSR count). The molecule has 0 aliphatic carbocycles. The third-order valence-electron chi connectivity index (χ3n) is 2.90. The summed E-state index contributed by atoms with van der Waals surface area (Å²) >= 11 is 0. The average Bonchev–Trinajstić information content (AvgIpc) is 2.48. The summed E-state index contributed by atoms with van der Waals surface area (Å²) in [5.74, 6) is 0.784. The van der Waals surface area contributed by atoms with Gasteiger partial charge in [-0.05, 0) is 42.8 Å². The molecular weight excluding hydrogens is 250 g/mol. The van der Waals surface area contributed by atoms with E-state index < -0.39 is 0 Å². The molecule has 0 radical (unpaired) electrons. The van der Waals surface area contributed by atoms with Gasteiger partial charge in [-0.1, -0.05) is 12.1 Å². The molecule has 3 N–H and O–H groups in total. The summed E-state index contributed by atoms with van der Waals surface area (Å²) in [6.07, 6.45) is 0. The molecule has 0 fully saturated rings. The Morgan fingerprint density at radius 3 is 2.60 bits per heavy atom. The lowest BCUT2D eigenvalue weighted by Gasteiger charge is -2.12. The number of hydrogen-bond donors (Lipinski definition) is 2. The quantitative estimate of drug-likeness (QED) is 0.873. The van der Waals surface area contributed by atoms with Crippen LogP contribution in [0.2, 0.25) is 0 Å². The minimum atomic E-state index is 0.495. The topological polar surface area (TPSA) is 71.1 Å². The first-order chi connectivity index (χ1) is 9.74. The molecule has 0 amide bonds. The molecule has 2 aromatic rings. The van der Waals surface area contributed by atoms with Crippen LogP contribution in [-0.4, -0.2) is 13.2 Å². The number of nitriles is 1. The van der Waals surface area contributed by atoms with Gasteiger partial charge in [0.25, 0.3) is 0 Å². The Balaban J connectivity index is 2.17. The predicted molar refractivity (Wildman–Crippen MR) is 80.2 cm³/mol. The molecule has 0 aliphatic heterocycles. The average molecular weight is 267 g/mol. The molecule has 0 saturated heterocycles. The second-order valence-corrected chi connectivity index (χ2v) is 4.40. The minimum absolute atomic E-state index is 0.495. The predicted octanol–water partition coefficient (Wildman–Crippen LogP) is 2.95. The largest absolute Gasteiger partial charge is 0.492 e. The van der Waals surface area contributed by atoms with E-state index in [4.69, 9.17) is 15.7 Å². The van der Waals surface area contributed by atoms with Crippen LogP contribution in [0.1, 0.15) is 11.1 Å². The standard InChI is InChI=1S/C16H17N3O/c1-12-3-2-4-13(11-18)16(12)19-14-5-7-15(8-6-14)20-10-9-17/h2-8,19H,9-10,17H2,1H3. The van der Waals surface area contributed by atoms with Gasteiger partial charge in [-0.2, -0.15) is 5.26 Å². The van der Waals surface area contributed by atoms with Crippen molar-refractivity contribution in [2.24, 2.45) is 5.73 Å². The molecule has 0 aliphatic rings. The van der Waals surface area contributed by atoms with Gasteiger partial charge in [0, 0.05) is 12.2 Å². The van der Waals surface area contributed by atoms with Gasteiger partial charge in [0.2, 0.25) is 0 Å². The molecule has 0 spiro atoms. The molecule has 0 heterocycles. The molecular formula is C16H17N3O. The molecule has 0 aromatic heterocycles. The first-order valence-corrected chi connectivity index (χ1v) is 6.44. The Labute approximate surface area is 118 Å². The Morgan fingerprint density at radius 1 is 1.20 bits per heavy atom. The lowest BCUT2D eigenvalue weighted by molar-refractivity contribution is 0.328. The van der Waals surface area contributed by atoms with Crippen LogP contribution in [-0.2, 0) is 0 Å². The first kappa shape index (κ1) is 13.9. The first-order valence-electron chi connectivity index (χ1n) is 6.44. The molecule has 0 unspecified atom stereocenters. The van der Waals surface area contributed by atoms with Gasteiger partial charge in [-0.3, -0.25) is 0 Å². The highest BCUT2D eigenvalue weighted by atomic mass is 16.5. The van der Waals surface area contributed by atoms with Gasteiger partial charge in [0.1, 0.15) is 18.4 Å². The molecule has 4 nitrogen and oxygen atoms in total. The smallest absolute Gasteiger partial charge is 0.119 e. The summed E-state index contributed by atoms with van der Waals surface area (Å²) in [5, 5.41) is 12.4. The van der Waals surface area contributed by atoms with E-state index in [1.807, 2.05) is 43.3 Å². The van der Waals surface area contributed by atoms with Crippen LogP contribution in [0.15, 0.2) is 42.5 Å². The fourth-order valence-corrected chi connectivity index (χ4v) is 1.88. The van der Waals surface area contributed by atoms with Crippen molar-refractivity contribution < 1.29 is 4.74 Å². The van der Waals surface area contributed by atoms with Crippen molar-refractivity contribution in [3.63, 3.8) is 0 Å². The maximum atomic E-state index is 9.14. The number of nitrogens with one attached hydrogen (secondary N) is 1. The number of nitrogens with zero attached hydrogens (tertiary/aromatic N) is 1. The lowest BCUT2D eigenvalue weighted by atomic mass is 10.1.